The monoisotopic (exact) mass is 342 g/mol. The molecule has 0 atom stereocenters. The first kappa shape index (κ1) is 18.7. The topological polar surface area (TPSA) is 18.5 Å². The number of rotatable bonds is 8. The predicted molar refractivity (Wildman–Crippen MR) is 88.2 cm³/mol. The minimum Gasteiger partial charge on any atom is -0.491 e. The molecule has 0 saturated heterocycles. The highest BCUT2D eigenvalue weighted by Gasteiger charge is 2.21. The van der Waals surface area contributed by atoms with Crippen molar-refractivity contribution in [3.63, 3.8) is 0 Å². The van der Waals surface area contributed by atoms with Crippen LogP contribution in [0, 0.1) is 23.5 Å². The maximum absolute atomic E-state index is 14.0. The van der Waals surface area contributed by atoms with Crippen molar-refractivity contribution in [2.24, 2.45) is 11.8 Å². The third-order valence-corrected chi connectivity index (χ3v) is 4.36. The molecule has 0 N–H and O–H groups in total. The summed E-state index contributed by atoms with van der Waals surface area (Å²) in [6.45, 7) is 2.06. The maximum Gasteiger partial charge on any atom is 0.204 e. The molecule has 0 amide bonds. The van der Waals surface area contributed by atoms with Crippen molar-refractivity contribution in [2.45, 2.75) is 39.0 Å². The van der Waals surface area contributed by atoms with Crippen LogP contribution in [0.5, 0.6) is 11.5 Å². The number of ether oxygens (including phenoxy) is 2. The molecule has 0 unspecified atom stereocenters. The minimum absolute atomic E-state index is 0.0686. The van der Waals surface area contributed by atoms with E-state index in [-0.39, 0.29) is 24.8 Å². The predicted octanol–water partition coefficient (Wildman–Crippen LogP) is 5.46. The largest absolute Gasteiger partial charge is 0.491 e. The standard InChI is InChI=1S/C19H25F3O2/c1-2-23-16-10-11-17(19(22)18(16)21)24-13-15-8-6-14(7-9-15)5-3-4-12-20/h3,5,10-11,14-15H,2,4,6-9,12-13H2,1H3. The average Bonchev–Trinajstić information content (AvgIpc) is 2.60. The number of halogens is 3. The second-order valence-corrected chi connectivity index (χ2v) is 6.12. The molecule has 1 saturated carbocycles. The van der Waals surface area contributed by atoms with Crippen molar-refractivity contribution in [1.82, 2.24) is 0 Å². The molecule has 2 rings (SSSR count). The van der Waals surface area contributed by atoms with Crippen molar-refractivity contribution < 1.29 is 22.6 Å². The van der Waals surface area contributed by atoms with E-state index in [2.05, 4.69) is 6.08 Å². The van der Waals surface area contributed by atoms with Crippen LogP contribution < -0.4 is 9.47 Å². The summed E-state index contributed by atoms with van der Waals surface area (Å²) < 4.78 is 50.3. The highest BCUT2D eigenvalue weighted by molar-refractivity contribution is 5.35. The second kappa shape index (κ2) is 9.60. The first-order valence-electron chi connectivity index (χ1n) is 8.61. The molecule has 1 aromatic carbocycles. The average molecular weight is 342 g/mol. The van der Waals surface area contributed by atoms with E-state index in [1.165, 1.54) is 12.1 Å². The molecular formula is C19H25F3O2. The van der Waals surface area contributed by atoms with Crippen LogP contribution in [0.15, 0.2) is 24.3 Å². The zero-order valence-corrected chi connectivity index (χ0v) is 14.1. The van der Waals surface area contributed by atoms with Crippen molar-refractivity contribution >= 4 is 0 Å². The third-order valence-electron chi connectivity index (χ3n) is 4.36. The first-order chi connectivity index (χ1) is 11.7. The van der Waals surface area contributed by atoms with Crippen LogP contribution in [0.4, 0.5) is 13.2 Å². The molecule has 134 valence electrons. The second-order valence-electron chi connectivity index (χ2n) is 6.12. The van der Waals surface area contributed by atoms with E-state index < -0.39 is 11.6 Å². The molecule has 1 aromatic rings. The van der Waals surface area contributed by atoms with E-state index in [4.69, 9.17) is 9.47 Å². The molecule has 0 aliphatic heterocycles. The molecule has 24 heavy (non-hydrogen) atoms. The lowest BCUT2D eigenvalue weighted by Crippen LogP contribution is -2.19. The Balaban J connectivity index is 1.81. The summed E-state index contributed by atoms with van der Waals surface area (Å²) in [7, 11) is 0. The zero-order valence-electron chi connectivity index (χ0n) is 14.1. The van der Waals surface area contributed by atoms with Crippen LogP contribution >= 0.6 is 0 Å². The summed E-state index contributed by atoms with van der Waals surface area (Å²) in [6.07, 6.45) is 8.48. The van der Waals surface area contributed by atoms with Crippen LogP contribution in [-0.2, 0) is 0 Å². The van der Waals surface area contributed by atoms with Crippen LogP contribution in [0.3, 0.4) is 0 Å². The van der Waals surface area contributed by atoms with E-state index in [9.17, 15) is 13.2 Å². The van der Waals surface area contributed by atoms with Crippen LogP contribution in [0.2, 0.25) is 0 Å². The normalized spacial score (nSPS) is 21.2. The lowest BCUT2D eigenvalue weighted by Gasteiger charge is -2.26. The molecular weight excluding hydrogens is 317 g/mol. The van der Waals surface area contributed by atoms with Gasteiger partial charge in [0.25, 0.3) is 0 Å². The molecule has 2 nitrogen and oxygen atoms in total. The van der Waals surface area contributed by atoms with Gasteiger partial charge in [0.2, 0.25) is 11.6 Å². The molecule has 1 aliphatic carbocycles. The van der Waals surface area contributed by atoms with Crippen LogP contribution in [0.1, 0.15) is 39.0 Å². The summed E-state index contributed by atoms with van der Waals surface area (Å²) in [4.78, 5) is 0. The van der Waals surface area contributed by atoms with E-state index in [0.29, 0.717) is 24.9 Å². The minimum atomic E-state index is -1.00. The summed E-state index contributed by atoms with van der Waals surface area (Å²) in [5, 5.41) is 0. The Bertz CT molecular complexity index is 538. The number of allylic oxidation sites excluding steroid dienone is 2. The van der Waals surface area contributed by atoms with Gasteiger partial charge in [-0.3, -0.25) is 4.39 Å². The summed E-state index contributed by atoms with van der Waals surface area (Å²) in [5.41, 5.74) is 0. The van der Waals surface area contributed by atoms with Gasteiger partial charge >= 0.3 is 0 Å². The summed E-state index contributed by atoms with van der Waals surface area (Å²) in [5.74, 6) is -1.33. The fraction of sp³-hybridized carbons (Fsp3) is 0.579. The van der Waals surface area contributed by atoms with Gasteiger partial charge in [-0.1, -0.05) is 12.2 Å². The van der Waals surface area contributed by atoms with Gasteiger partial charge in [-0.2, -0.15) is 8.78 Å². The van der Waals surface area contributed by atoms with Gasteiger partial charge in [0.05, 0.1) is 19.9 Å². The fourth-order valence-corrected chi connectivity index (χ4v) is 3.00. The Morgan fingerprint density at radius 2 is 1.67 bits per heavy atom. The fourth-order valence-electron chi connectivity index (χ4n) is 3.00. The smallest absolute Gasteiger partial charge is 0.204 e. The SMILES string of the molecule is CCOc1ccc(OCC2CCC(C=CCCF)CC2)c(F)c1F. The summed E-state index contributed by atoms with van der Waals surface area (Å²) >= 11 is 0. The van der Waals surface area contributed by atoms with E-state index in [1.54, 1.807) is 6.92 Å². The molecule has 0 heterocycles. The van der Waals surface area contributed by atoms with Gasteiger partial charge in [0, 0.05) is 0 Å². The lowest BCUT2D eigenvalue weighted by atomic mass is 9.82. The van der Waals surface area contributed by atoms with Gasteiger partial charge in [-0.05, 0) is 63.0 Å². The van der Waals surface area contributed by atoms with Crippen LogP contribution in [0.25, 0.3) is 0 Å². The quantitative estimate of drug-likeness (QED) is 0.584. The van der Waals surface area contributed by atoms with Crippen molar-refractivity contribution in [2.75, 3.05) is 19.9 Å². The van der Waals surface area contributed by atoms with Crippen molar-refractivity contribution in [3.8, 4) is 11.5 Å². The number of hydrogen-bond acceptors (Lipinski definition) is 2. The number of alkyl halides is 1. The van der Waals surface area contributed by atoms with Crippen molar-refractivity contribution in [3.05, 3.63) is 35.9 Å². The first-order valence-corrected chi connectivity index (χ1v) is 8.61. The Kier molecular flexibility index (Phi) is 7.47. The molecule has 0 bridgehead atoms. The zero-order chi connectivity index (χ0) is 17.4. The van der Waals surface area contributed by atoms with Gasteiger partial charge < -0.3 is 9.47 Å². The summed E-state index contributed by atoms with van der Waals surface area (Å²) in [6, 6.07) is 2.80. The lowest BCUT2D eigenvalue weighted by molar-refractivity contribution is 0.187. The Labute approximate surface area is 141 Å². The Hall–Kier alpha value is -1.65. The highest BCUT2D eigenvalue weighted by Crippen LogP contribution is 2.32. The number of hydrogen-bond donors (Lipinski definition) is 0. The van der Waals surface area contributed by atoms with Gasteiger partial charge in [-0.15, -0.1) is 0 Å². The van der Waals surface area contributed by atoms with Gasteiger partial charge in [0.15, 0.2) is 11.5 Å². The van der Waals surface area contributed by atoms with Gasteiger partial charge in [0.1, 0.15) is 0 Å². The third kappa shape index (κ3) is 5.18. The molecule has 0 spiro atoms. The van der Waals surface area contributed by atoms with Crippen LogP contribution in [-0.4, -0.2) is 19.9 Å². The molecule has 0 radical (unpaired) electrons. The van der Waals surface area contributed by atoms with E-state index in [1.807, 2.05) is 6.08 Å². The van der Waals surface area contributed by atoms with Gasteiger partial charge in [-0.25, -0.2) is 0 Å². The Morgan fingerprint density at radius 3 is 2.25 bits per heavy atom. The molecule has 1 aliphatic rings. The Morgan fingerprint density at radius 1 is 1.04 bits per heavy atom. The number of benzene rings is 1. The van der Waals surface area contributed by atoms with E-state index >= 15 is 0 Å². The molecule has 0 aromatic heterocycles. The highest BCUT2D eigenvalue weighted by atomic mass is 19.2. The van der Waals surface area contributed by atoms with Crippen molar-refractivity contribution in [1.29, 1.82) is 0 Å². The molecule has 5 heteroatoms. The maximum atomic E-state index is 14.0. The van der Waals surface area contributed by atoms with E-state index in [0.717, 1.165) is 25.7 Å². The molecule has 1 fully saturated rings.